The molecule has 0 aliphatic heterocycles. The summed E-state index contributed by atoms with van der Waals surface area (Å²) in [6, 6.07) is 7.11. The normalized spacial score (nSPS) is 24.9. The van der Waals surface area contributed by atoms with Crippen LogP contribution >= 0.6 is 0 Å². The molecule has 0 bridgehead atoms. The van der Waals surface area contributed by atoms with Gasteiger partial charge in [0, 0.05) is 18.2 Å². The van der Waals surface area contributed by atoms with Crippen LogP contribution in [0.3, 0.4) is 0 Å². The summed E-state index contributed by atoms with van der Waals surface area (Å²) in [7, 11) is 2.13. The van der Waals surface area contributed by atoms with Gasteiger partial charge in [-0.1, -0.05) is 38.0 Å². The third kappa shape index (κ3) is 3.80. The van der Waals surface area contributed by atoms with E-state index in [1.165, 1.54) is 31.7 Å². The molecule has 1 aliphatic rings. The van der Waals surface area contributed by atoms with Crippen molar-refractivity contribution in [2.75, 3.05) is 13.6 Å². The number of aliphatic hydroxyl groups excluding tert-OH is 1. The Morgan fingerprint density at radius 2 is 2.00 bits per heavy atom. The van der Waals surface area contributed by atoms with Gasteiger partial charge >= 0.3 is 0 Å². The lowest BCUT2D eigenvalue weighted by molar-refractivity contribution is 0.102. The van der Waals surface area contributed by atoms with Crippen LogP contribution in [-0.2, 0) is 0 Å². The first kappa shape index (κ1) is 15.5. The lowest BCUT2D eigenvalue weighted by Crippen LogP contribution is -2.39. The highest BCUT2D eigenvalue weighted by Gasteiger charge is 2.25. The Morgan fingerprint density at radius 1 is 1.30 bits per heavy atom. The number of hydrogen-bond acceptors (Lipinski definition) is 2. The predicted octanol–water partition coefficient (Wildman–Crippen LogP) is 3.76. The first-order valence-electron chi connectivity index (χ1n) is 7.72. The minimum Gasteiger partial charge on any atom is -0.388 e. The molecule has 1 saturated carbocycles. The van der Waals surface area contributed by atoms with Crippen LogP contribution in [0.25, 0.3) is 0 Å². The second kappa shape index (κ2) is 7.19. The van der Waals surface area contributed by atoms with E-state index in [1.807, 2.05) is 0 Å². The van der Waals surface area contributed by atoms with E-state index in [4.69, 9.17) is 0 Å². The topological polar surface area (TPSA) is 23.5 Å². The Labute approximate surface area is 121 Å². The quantitative estimate of drug-likeness (QED) is 0.887. The largest absolute Gasteiger partial charge is 0.388 e. The van der Waals surface area contributed by atoms with E-state index in [2.05, 4.69) is 18.9 Å². The molecule has 0 aromatic heterocycles. The van der Waals surface area contributed by atoms with Crippen LogP contribution in [0.1, 0.15) is 50.7 Å². The Hall–Kier alpha value is -0.930. The first-order valence-corrected chi connectivity index (χ1v) is 7.72. The minimum atomic E-state index is -0.711. The summed E-state index contributed by atoms with van der Waals surface area (Å²) in [5.41, 5.74) is 0.414. The van der Waals surface area contributed by atoms with E-state index in [-0.39, 0.29) is 5.82 Å². The van der Waals surface area contributed by atoms with Gasteiger partial charge in [-0.2, -0.15) is 0 Å². The molecule has 3 atom stereocenters. The van der Waals surface area contributed by atoms with E-state index in [9.17, 15) is 9.50 Å². The fourth-order valence-corrected chi connectivity index (χ4v) is 3.34. The van der Waals surface area contributed by atoms with Gasteiger partial charge in [0.2, 0.25) is 0 Å². The second-order valence-corrected chi connectivity index (χ2v) is 6.14. The molecule has 2 rings (SSSR count). The molecule has 1 aliphatic carbocycles. The summed E-state index contributed by atoms with van der Waals surface area (Å²) >= 11 is 0. The van der Waals surface area contributed by atoms with Crippen LogP contribution in [0.5, 0.6) is 0 Å². The van der Waals surface area contributed by atoms with Crippen molar-refractivity contribution < 1.29 is 9.50 Å². The van der Waals surface area contributed by atoms with Gasteiger partial charge in [0.15, 0.2) is 0 Å². The molecule has 0 amide bonds. The fraction of sp³-hybridized carbons (Fsp3) is 0.647. The summed E-state index contributed by atoms with van der Waals surface area (Å²) in [5.74, 6) is 0.410. The molecule has 0 saturated heterocycles. The molecule has 0 radical (unpaired) electrons. The number of rotatable bonds is 5. The summed E-state index contributed by atoms with van der Waals surface area (Å²) < 4.78 is 13.6. The standard InChI is InChI=1S/C17H26FNO/c1-13-7-3-6-10-16(13)19(2)12-11-17(20)14-8-4-5-9-15(14)18/h4-5,8-9,13,16-17,20H,3,6-7,10-12H2,1-2H3. The van der Waals surface area contributed by atoms with Crippen molar-refractivity contribution in [2.24, 2.45) is 5.92 Å². The third-order valence-electron chi connectivity index (χ3n) is 4.65. The molecule has 3 unspecified atom stereocenters. The van der Waals surface area contributed by atoms with Crippen molar-refractivity contribution in [3.05, 3.63) is 35.6 Å². The van der Waals surface area contributed by atoms with Crippen molar-refractivity contribution >= 4 is 0 Å². The van der Waals surface area contributed by atoms with Gasteiger partial charge in [-0.25, -0.2) is 4.39 Å². The van der Waals surface area contributed by atoms with Crippen molar-refractivity contribution in [3.63, 3.8) is 0 Å². The molecule has 1 N–H and O–H groups in total. The fourth-order valence-electron chi connectivity index (χ4n) is 3.34. The van der Waals surface area contributed by atoms with E-state index < -0.39 is 6.10 Å². The summed E-state index contributed by atoms with van der Waals surface area (Å²) in [5, 5.41) is 10.1. The average molecular weight is 279 g/mol. The van der Waals surface area contributed by atoms with Crippen molar-refractivity contribution in [2.45, 2.75) is 51.2 Å². The zero-order valence-corrected chi connectivity index (χ0v) is 12.6. The number of nitrogens with zero attached hydrogens (tertiary/aromatic N) is 1. The molecule has 1 aromatic rings. The maximum absolute atomic E-state index is 13.6. The molecule has 20 heavy (non-hydrogen) atoms. The van der Waals surface area contributed by atoms with Crippen LogP contribution in [-0.4, -0.2) is 29.6 Å². The van der Waals surface area contributed by atoms with Crippen LogP contribution < -0.4 is 0 Å². The predicted molar refractivity (Wildman–Crippen MR) is 80.0 cm³/mol. The molecule has 0 spiro atoms. The van der Waals surface area contributed by atoms with Gasteiger partial charge in [-0.15, -0.1) is 0 Å². The highest BCUT2D eigenvalue weighted by atomic mass is 19.1. The average Bonchev–Trinajstić information content (AvgIpc) is 2.45. The third-order valence-corrected chi connectivity index (χ3v) is 4.65. The Bertz CT molecular complexity index is 423. The molecule has 1 fully saturated rings. The number of benzene rings is 1. The Balaban J connectivity index is 1.86. The summed E-state index contributed by atoms with van der Waals surface area (Å²) in [4.78, 5) is 2.34. The van der Waals surface area contributed by atoms with Gasteiger partial charge in [0.05, 0.1) is 6.10 Å². The van der Waals surface area contributed by atoms with Gasteiger partial charge in [0.25, 0.3) is 0 Å². The highest BCUT2D eigenvalue weighted by molar-refractivity contribution is 5.19. The number of aliphatic hydroxyl groups is 1. The van der Waals surface area contributed by atoms with Crippen LogP contribution in [0.2, 0.25) is 0 Å². The lowest BCUT2D eigenvalue weighted by Gasteiger charge is -2.36. The molecule has 112 valence electrons. The zero-order chi connectivity index (χ0) is 14.5. The van der Waals surface area contributed by atoms with Crippen molar-refractivity contribution in [3.8, 4) is 0 Å². The van der Waals surface area contributed by atoms with Crippen LogP contribution in [0.4, 0.5) is 4.39 Å². The molecule has 1 aromatic carbocycles. The van der Waals surface area contributed by atoms with Crippen LogP contribution in [0.15, 0.2) is 24.3 Å². The number of hydrogen-bond donors (Lipinski definition) is 1. The molecule has 0 heterocycles. The van der Waals surface area contributed by atoms with Crippen molar-refractivity contribution in [1.82, 2.24) is 4.90 Å². The Kier molecular flexibility index (Phi) is 5.55. The maximum Gasteiger partial charge on any atom is 0.128 e. The lowest BCUT2D eigenvalue weighted by atomic mass is 9.85. The summed E-state index contributed by atoms with van der Waals surface area (Å²) in [6.07, 6.45) is 5.05. The van der Waals surface area contributed by atoms with Gasteiger partial charge in [-0.05, 0) is 38.3 Å². The second-order valence-electron chi connectivity index (χ2n) is 6.14. The van der Waals surface area contributed by atoms with E-state index in [1.54, 1.807) is 18.2 Å². The van der Waals surface area contributed by atoms with Gasteiger partial charge < -0.3 is 10.0 Å². The molecular formula is C17H26FNO. The van der Waals surface area contributed by atoms with E-state index in [0.717, 1.165) is 12.5 Å². The molecule has 2 nitrogen and oxygen atoms in total. The SMILES string of the molecule is CC1CCCCC1N(C)CCC(O)c1ccccc1F. The zero-order valence-electron chi connectivity index (χ0n) is 12.6. The van der Waals surface area contributed by atoms with E-state index >= 15 is 0 Å². The van der Waals surface area contributed by atoms with Gasteiger partial charge in [0.1, 0.15) is 5.82 Å². The maximum atomic E-state index is 13.6. The minimum absolute atomic E-state index is 0.311. The number of halogens is 1. The van der Waals surface area contributed by atoms with Crippen LogP contribution in [0, 0.1) is 11.7 Å². The highest BCUT2D eigenvalue weighted by Crippen LogP contribution is 2.28. The van der Waals surface area contributed by atoms with E-state index in [0.29, 0.717) is 18.0 Å². The smallest absolute Gasteiger partial charge is 0.128 e. The first-order chi connectivity index (χ1) is 9.59. The monoisotopic (exact) mass is 279 g/mol. The van der Waals surface area contributed by atoms with Crippen molar-refractivity contribution in [1.29, 1.82) is 0 Å². The molecule has 3 heteroatoms. The Morgan fingerprint density at radius 3 is 2.70 bits per heavy atom. The van der Waals surface area contributed by atoms with Gasteiger partial charge in [-0.3, -0.25) is 0 Å². The summed E-state index contributed by atoms with van der Waals surface area (Å²) in [6.45, 7) is 3.12. The molecular weight excluding hydrogens is 253 g/mol.